The Labute approximate surface area is 128 Å². The van der Waals surface area contributed by atoms with E-state index in [0.717, 1.165) is 0 Å². The van der Waals surface area contributed by atoms with Crippen LogP contribution in [-0.4, -0.2) is 30.5 Å². The van der Waals surface area contributed by atoms with Crippen LogP contribution < -0.4 is 15.4 Å². The molecule has 6 nitrogen and oxygen atoms in total. The number of carbonyl (C=O) groups is 2. The Kier molecular flexibility index (Phi) is 5.08. The Morgan fingerprint density at radius 1 is 1.14 bits per heavy atom. The molecule has 0 fully saturated rings. The molecule has 0 bridgehead atoms. The summed E-state index contributed by atoms with van der Waals surface area (Å²) in [6.07, 6.45) is 1.57. The summed E-state index contributed by atoms with van der Waals surface area (Å²) in [6, 6.07) is 9.93. The second kappa shape index (κ2) is 7.21. The lowest BCUT2D eigenvalue weighted by atomic mass is 10.2. The molecule has 0 aliphatic carbocycles. The molecule has 6 heteroatoms. The Morgan fingerprint density at radius 3 is 2.50 bits per heavy atom. The highest BCUT2D eigenvalue weighted by molar-refractivity contribution is 6.06. The van der Waals surface area contributed by atoms with Crippen molar-refractivity contribution >= 4 is 17.5 Å². The van der Waals surface area contributed by atoms with E-state index in [4.69, 9.17) is 4.74 Å². The summed E-state index contributed by atoms with van der Waals surface area (Å²) in [5.41, 5.74) is 1.47. The number of hydrogen-bond donors (Lipinski definition) is 2. The first kappa shape index (κ1) is 15.5. The minimum atomic E-state index is -0.316. The average molecular weight is 299 g/mol. The summed E-state index contributed by atoms with van der Waals surface area (Å²) in [4.78, 5) is 27.8. The van der Waals surface area contributed by atoms with E-state index in [-0.39, 0.29) is 11.8 Å². The molecule has 0 saturated heterocycles. The van der Waals surface area contributed by atoms with Gasteiger partial charge >= 0.3 is 0 Å². The van der Waals surface area contributed by atoms with Crippen LogP contribution in [0.4, 0.5) is 5.69 Å². The number of rotatable bonds is 5. The quantitative estimate of drug-likeness (QED) is 0.886. The van der Waals surface area contributed by atoms with Gasteiger partial charge in [-0.05, 0) is 43.3 Å². The number of aromatic nitrogens is 1. The normalized spacial score (nSPS) is 9.91. The molecular weight excluding hydrogens is 282 g/mol. The second-order valence-electron chi connectivity index (χ2n) is 4.40. The molecule has 0 spiro atoms. The van der Waals surface area contributed by atoms with Crippen molar-refractivity contribution in [1.82, 2.24) is 10.3 Å². The Balaban J connectivity index is 2.14. The van der Waals surface area contributed by atoms with Crippen molar-refractivity contribution in [2.75, 3.05) is 19.0 Å². The topological polar surface area (TPSA) is 80.3 Å². The van der Waals surface area contributed by atoms with Gasteiger partial charge in [0.05, 0.1) is 6.61 Å². The number of anilines is 1. The van der Waals surface area contributed by atoms with Crippen LogP contribution in [0.2, 0.25) is 0 Å². The van der Waals surface area contributed by atoms with Crippen molar-refractivity contribution in [3.63, 3.8) is 0 Å². The minimum Gasteiger partial charge on any atom is -0.477 e. The minimum absolute atomic E-state index is 0.177. The standard InChI is InChI=1S/C16H17N3O3/c1-3-22-16-13(5-4-10-18-16)15(21)19-12-8-6-11(7-9-12)14(20)17-2/h4-10H,3H2,1-2H3,(H,17,20)(H,19,21). The predicted molar refractivity (Wildman–Crippen MR) is 83.2 cm³/mol. The molecule has 1 heterocycles. The third-order valence-corrected chi connectivity index (χ3v) is 2.93. The van der Waals surface area contributed by atoms with Crippen molar-refractivity contribution in [1.29, 1.82) is 0 Å². The van der Waals surface area contributed by atoms with E-state index in [1.54, 1.807) is 49.6 Å². The third-order valence-electron chi connectivity index (χ3n) is 2.93. The maximum absolute atomic E-state index is 12.3. The number of nitrogens with one attached hydrogen (secondary N) is 2. The molecule has 2 N–H and O–H groups in total. The number of hydrogen-bond acceptors (Lipinski definition) is 4. The van der Waals surface area contributed by atoms with Gasteiger partial charge in [-0.1, -0.05) is 0 Å². The number of benzene rings is 1. The first-order chi connectivity index (χ1) is 10.7. The number of nitrogens with zero attached hydrogens (tertiary/aromatic N) is 1. The molecule has 0 aliphatic heterocycles. The highest BCUT2D eigenvalue weighted by atomic mass is 16.5. The molecule has 0 saturated carbocycles. The summed E-state index contributed by atoms with van der Waals surface area (Å²) in [5, 5.41) is 5.29. The molecule has 0 atom stereocenters. The van der Waals surface area contributed by atoms with Gasteiger partial charge in [0.15, 0.2) is 0 Å². The largest absolute Gasteiger partial charge is 0.477 e. The van der Waals surface area contributed by atoms with Crippen LogP contribution in [0, 0.1) is 0 Å². The van der Waals surface area contributed by atoms with E-state index in [2.05, 4.69) is 15.6 Å². The van der Waals surface area contributed by atoms with Gasteiger partial charge in [-0.15, -0.1) is 0 Å². The zero-order chi connectivity index (χ0) is 15.9. The number of ether oxygens (including phenoxy) is 1. The SMILES string of the molecule is CCOc1ncccc1C(=O)Nc1ccc(C(=O)NC)cc1. The van der Waals surface area contributed by atoms with Crippen molar-refractivity contribution in [3.05, 3.63) is 53.7 Å². The summed E-state index contributed by atoms with van der Waals surface area (Å²) in [5.74, 6) is -0.197. The molecule has 22 heavy (non-hydrogen) atoms. The van der Waals surface area contributed by atoms with Crippen LogP contribution in [0.3, 0.4) is 0 Å². The van der Waals surface area contributed by atoms with E-state index in [9.17, 15) is 9.59 Å². The fraction of sp³-hybridized carbons (Fsp3) is 0.188. The van der Waals surface area contributed by atoms with Crippen molar-refractivity contribution < 1.29 is 14.3 Å². The van der Waals surface area contributed by atoms with Gasteiger partial charge in [-0.3, -0.25) is 9.59 Å². The van der Waals surface area contributed by atoms with E-state index < -0.39 is 0 Å². The molecular formula is C16H17N3O3. The smallest absolute Gasteiger partial charge is 0.261 e. The zero-order valence-electron chi connectivity index (χ0n) is 12.4. The summed E-state index contributed by atoms with van der Waals surface area (Å²) in [6.45, 7) is 2.26. The van der Waals surface area contributed by atoms with Crippen LogP contribution in [0.1, 0.15) is 27.6 Å². The fourth-order valence-electron chi connectivity index (χ4n) is 1.86. The number of carbonyl (C=O) groups excluding carboxylic acids is 2. The van der Waals surface area contributed by atoms with E-state index in [0.29, 0.717) is 29.3 Å². The molecule has 1 aromatic heterocycles. The van der Waals surface area contributed by atoms with Crippen LogP contribution in [0.25, 0.3) is 0 Å². The van der Waals surface area contributed by atoms with Crippen LogP contribution in [-0.2, 0) is 0 Å². The summed E-state index contributed by atoms with van der Waals surface area (Å²) in [7, 11) is 1.57. The number of amides is 2. The van der Waals surface area contributed by atoms with Crippen LogP contribution in [0.15, 0.2) is 42.6 Å². The van der Waals surface area contributed by atoms with Crippen LogP contribution >= 0.6 is 0 Å². The van der Waals surface area contributed by atoms with Gasteiger partial charge in [0.2, 0.25) is 5.88 Å². The molecule has 1 aromatic carbocycles. The Hall–Kier alpha value is -2.89. The van der Waals surface area contributed by atoms with Gasteiger partial charge in [0.1, 0.15) is 5.56 Å². The van der Waals surface area contributed by atoms with E-state index in [1.165, 1.54) is 0 Å². The van der Waals surface area contributed by atoms with Gasteiger partial charge in [-0.25, -0.2) is 4.98 Å². The lowest BCUT2D eigenvalue weighted by Gasteiger charge is -2.09. The monoisotopic (exact) mass is 299 g/mol. The molecule has 0 radical (unpaired) electrons. The molecule has 114 valence electrons. The third kappa shape index (κ3) is 3.60. The zero-order valence-corrected chi connectivity index (χ0v) is 12.4. The van der Waals surface area contributed by atoms with Gasteiger partial charge in [0.25, 0.3) is 11.8 Å². The maximum atomic E-state index is 12.3. The highest BCUT2D eigenvalue weighted by Crippen LogP contribution is 2.17. The van der Waals surface area contributed by atoms with Crippen LogP contribution in [0.5, 0.6) is 5.88 Å². The fourth-order valence-corrected chi connectivity index (χ4v) is 1.86. The Morgan fingerprint density at radius 2 is 1.86 bits per heavy atom. The maximum Gasteiger partial charge on any atom is 0.261 e. The molecule has 2 aromatic rings. The van der Waals surface area contributed by atoms with Gasteiger partial charge in [0, 0.05) is 24.5 Å². The lowest BCUT2D eigenvalue weighted by molar-refractivity contribution is 0.0962. The average Bonchev–Trinajstić information content (AvgIpc) is 2.55. The molecule has 0 unspecified atom stereocenters. The lowest BCUT2D eigenvalue weighted by Crippen LogP contribution is -2.18. The highest BCUT2D eigenvalue weighted by Gasteiger charge is 2.13. The van der Waals surface area contributed by atoms with Crippen molar-refractivity contribution in [2.45, 2.75) is 6.92 Å². The Bertz CT molecular complexity index is 669. The number of pyridine rings is 1. The predicted octanol–water partition coefficient (Wildman–Crippen LogP) is 2.09. The first-order valence-electron chi connectivity index (χ1n) is 6.87. The van der Waals surface area contributed by atoms with E-state index in [1.807, 2.05) is 6.92 Å². The van der Waals surface area contributed by atoms with Crippen molar-refractivity contribution in [3.8, 4) is 5.88 Å². The molecule has 0 aliphatic rings. The summed E-state index contributed by atoms with van der Waals surface area (Å²) >= 11 is 0. The summed E-state index contributed by atoms with van der Waals surface area (Å²) < 4.78 is 5.34. The molecule has 2 amide bonds. The van der Waals surface area contributed by atoms with Gasteiger partial charge < -0.3 is 15.4 Å². The van der Waals surface area contributed by atoms with Crippen molar-refractivity contribution in [2.24, 2.45) is 0 Å². The molecule has 2 rings (SSSR count). The first-order valence-corrected chi connectivity index (χ1v) is 6.87. The van der Waals surface area contributed by atoms with E-state index >= 15 is 0 Å². The second-order valence-corrected chi connectivity index (χ2v) is 4.40. The van der Waals surface area contributed by atoms with Gasteiger partial charge in [-0.2, -0.15) is 0 Å².